The number of carbonyl (C=O) groups is 3. The summed E-state index contributed by atoms with van der Waals surface area (Å²) < 4.78 is 19.8. The van der Waals surface area contributed by atoms with E-state index in [1.54, 1.807) is 26.0 Å². The van der Waals surface area contributed by atoms with E-state index in [1.165, 1.54) is 5.56 Å². The van der Waals surface area contributed by atoms with Gasteiger partial charge in [0.1, 0.15) is 19.0 Å². The van der Waals surface area contributed by atoms with Gasteiger partial charge in [-0.1, -0.05) is 55.1 Å². The van der Waals surface area contributed by atoms with Gasteiger partial charge in [0.05, 0.1) is 18.6 Å². The number of hydrogen-bond donors (Lipinski definition) is 0. The van der Waals surface area contributed by atoms with E-state index >= 15 is 0 Å². The van der Waals surface area contributed by atoms with Crippen molar-refractivity contribution in [3.05, 3.63) is 78.4 Å². The van der Waals surface area contributed by atoms with Gasteiger partial charge >= 0.3 is 11.9 Å². The Morgan fingerprint density at radius 1 is 0.912 bits per heavy atom. The van der Waals surface area contributed by atoms with Crippen molar-refractivity contribution in [1.82, 2.24) is 0 Å². The van der Waals surface area contributed by atoms with Crippen molar-refractivity contribution in [1.29, 1.82) is 0 Å². The molecule has 1 aliphatic rings. The molecule has 3 rings (SSSR count). The van der Waals surface area contributed by atoms with Gasteiger partial charge in [-0.2, -0.15) is 0 Å². The van der Waals surface area contributed by atoms with Gasteiger partial charge < -0.3 is 18.9 Å². The first-order chi connectivity index (χ1) is 16.2. The molecule has 0 spiro atoms. The summed E-state index contributed by atoms with van der Waals surface area (Å²) in [4.78, 5) is 32.6. The molecule has 0 atom stereocenters. The Morgan fingerprint density at radius 3 is 1.88 bits per heavy atom. The third-order valence-corrected chi connectivity index (χ3v) is 4.93. The number of rotatable bonds is 9. The normalized spacial score (nSPS) is 13.3. The van der Waals surface area contributed by atoms with Crippen LogP contribution in [0.15, 0.2) is 72.8 Å². The fraction of sp³-hybridized carbons (Fsp3) is 0.296. The SMILES string of the molecule is C=C(C)C(=O)OCC1(COC=O)COC1.C=C(C)C(=O)Oc1ccc(-c2ccc(C)cc2)cc1. The highest BCUT2D eigenvalue weighted by Crippen LogP contribution is 2.28. The quantitative estimate of drug-likeness (QED) is 0.234. The summed E-state index contributed by atoms with van der Waals surface area (Å²) in [6, 6.07) is 15.7. The van der Waals surface area contributed by atoms with Crippen molar-refractivity contribution >= 4 is 18.4 Å². The lowest BCUT2D eigenvalue weighted by atomic mass is 9.88. The number of esters is 2. The molecule has 2 aromatic carbocycles. The smallest absolute Gasteiger partial charge is 0.338 e. The zero-order valence-electron chi connectivity index (χ0n) is 19.8. The predicted molar refractivity (Wildman–Crippen MR) is 128 cm³/mol. The fourth-order valence-corrected chi connectivity index (χ4v) is 2.81. The summed E-state index contributed by atoms with van der Waals surface area (Å²) in [5.41, 5.74) is 3.84. The molecule has 1 aliphatic heterocycles. The highest BCUT2D eigenvalue weighted by Gasteiger charge is 2.41. The van der Waals surface area contributed by atoms with E-state index in [0.717, 1.165) is 11.1 Å². The maximum absolute atomic E-state index is 11.4. The van der Waals surface area contributed by atoms with Gasteiger partial charge in [0.15, 0.2) is 0 Å². The van der Waals surface area contributed by atoms with Crippen molar-refractivity contribution < 1.29 is 33.3 Å². The molecule has 0 saturated carbocycles. The zero-order valence-corrected chi connectivity index (χ0v) is 19.8. The van der Waals surface area contributed by atoms with Crippen molar-refractivity contribution in [3.8, 4) is 16.9 Å². The Balaban J connectivity index is 0.000000248. The topological polar surface area (TPSA) is 88.1 Å². The molecule has 0 radical (unpaired) electrons. The first-order valence-electron chi connectivity index (χ1n) is 10.7. The summed E-state index contributed by atoms with van der Waals surface area (Å²) in [7, 11) is 0. The van der Waals surface area contributed by atoms with E-state index < -0.39 is 11.9 Å². The predicted octanol–water partition coefficient (Wildman–Crippen LogP) is 4.44. The van der Waals surface area contributed by atoms with Gasteiger partial charge in [-0.25, -0.2) is 9.59 Å². The Morgan fingerprint density at radius 2 is 1.44 bits per heavy atom. The number of hydrogen-bond acceptors (Lipinski definition) is 7. The third kappa shape index (κ3) is 8.01. The minimum atomic E-state index is -0.438. The standard InChI is InChI=1S/C17H16O2.C10H14O5/c1-12(2)17(18)19-16-10-8-15(9-11-16)14-6-4-13(3)5-7-14;1-8(2)9(12)15-6-10(3-13-4-10)5-14-7-11/h4-11H,1H2,2-3H3;7H,1,3-6H2,2H3. The lowest BCUT2D eigenvalue weighted by molar-refractivity contribution is -0.183. The monoisotopic (exact) mass is 466 g/mol. The minimum absolute atomic E-state index is 0.187. The highest BCUT2D eigenvalue weighted by atomic mass is 16.6. The molecule has 7 heteroatoms. The maximum atomic E-state index is 11.4. The van der Waals surface area contributed by atoms with E-state index in [0.29, 0.717) is 36.6 Å². The third-order valence-electron chi connectivity index (χ3n) is 4.93. The average Bonchev–Trinajstić information content (AvgIpc) is 2.79. The molecule has 1 heterocycles. The molecule has 34 heavy (non-hydrogen) atoms. The molecule has 2 aromatic rings. The van der Waals surface area contributed by atoms with Gasteiger partial charge in [0.25, 0.3) is 6.47 Å². The molecule has 0 unspecified atom stereocenters. The van der Waals surface area contributed by atoms with Gasteiger partial charge in [-0.3, -0.25) is 4.79 Å². The number of benzene rings is 2. The minimum Gasteiger partial charge on any atom is -0.467 e. The molecule has 0 aliphatic carbocycles. The van der Waals surface area contributed by atoms with Crippen LogP contribution in [0.4, 0.5) is 0 Å². The Labute approximate surface area is 200 Å². The van der Waals surface area contributed by atoms with Crippen molar-refractivity contribution in [2.45, 2.75) is 20.8 Å². The molecule has 0 aromatic heterocycles. The van der Waals surface area contributed by atoms with Gasteiger partial charge in [0.2, 0.25) is 0 Å². The highest BCUT2D eigenvalue weighted by molar-refractivity contribution is 5.88. The van der Waals surface area contributed by atoms with Gasteiger partial charge in [-0.05, 0) is 44.0 Å². The van der Waals surface area contributed by atoms with Crippen LogP contribution in [0, 0.1) is 12.3 Å². The molecular weight excluding hydrogens is 436 g/mol. The summed E-state index contributed by atoms with van der Waals surface area (Å²) in [6.45, 7) is 13.9. The number of aryl methyl sites for hydroxylation is 1. The fourth-order valence-electron chi connectivity index (χ4n) is 2.81. The van der Waals surface area contributed by atoms with Crippen LogP contribution in [0.2, 0.25) is 0 Å². The van der Waals surface area contributed by atoms with Crippen molar-refractivity contribution in [3.63, 3.8) is 0 Å². The Kier molecular flexibility index (Phi) is 9.76. The summed E-state index contributed by atoms with van der Waals surface area (Å²) >= 11 is 0. The van der Waals surface area contributed by atoms with Gasteiger partial charge in [0, 0.05) is 11.1 Å². The lowest BCUT2D eigenvalue weighted by Crippen LogP contribution is -2.50. The number of ether oxygens (including phenoxy) is 4. The Hall–Kier alpha value is -3.71. The second-order valence-corrected chi connectivity index (χ2v) is 8.32. The van der Waals surface area contributed by atoms with Crippen LogP contribution < -0.4 is 4.74 Å². The van der Waals surface area contributed by atoms with Crippen LogP contribution >= 0.6 is 0 Å². The van der Waals surface area contributed by atoms with Gasteiger partial charge in [-0.15, -0.1) is 0 Å². The second-order valence-electron chi connectivity index (χ2n) is 8.32. The van der Waals surface area contributed by atoms with E-state index in [9.17, 15) is 14.4 Å². The van der Waals surface area contributed by atoms with Crippen LogP contribution in [0.25, 0.3) is 11.1 Å². The molecule has 0 amide bonds. The summed E-state index contributed by atoms with van der Waals surface area (Å²) in [5.74, 6) is -0.306. The van der Waals surface area contributed by atoms with E-state index in [-0.39, 0.29) is 18.6 Å². The van der Waals surface area contributed by atoms with E-state index in [2.05, 4.69) is 49.1 Å². The number of carbonyl (C=O) groups excluding carboxylic acids is 3. The molecular formula is C27H30O7. The van der Waals surface area contributed by atoms with Crippen molar-refractivity contribution in [2.75, 3.05) is 26.4 Å². The largest absolute Gasteiger partial charge is 0.467 e. The zero-order chi connectivity index (χ0) is 25.1. The summed E-state index contributed by atoms with van der Waals surface area (Å²) in [5, 5.41) is 0. The van der Waals surface area contributed by atoms with Crippen LogP contribution in [-0.2, 0) is 28.6 Å². The first-order valence-corrected chi connectivity index (χ1v) is 10.7. The van der Waals surface area contributed by atoms with Crippen LogP contribution in [0.5, 0.6) is 5.75 Å². The van der Waals surface area contributed by atoms with E-state index in [1.807, 2.05) is 12.1 Å². The lowest BCUT2D eigenvalue weighted by Gasteiger charge is -2.39. The maximum Gasteiger partial charge on any atom is 0.338 e. The molecule has 1 saturated heterocycles. The van der Waals surface area contributed by atoms with Crippen LogP contribution in [0.1, 0.15) is 19.4 Å². The molecule has 0 bridgehead atoms. The van der Waals surface area contributed by atoms with Crippen molar-refractivity contribution in [2.24, 2.45) is 5.41 Å². The molecule has 1 fully saturated rings. The molecule has 7 nitrogen and oxygen atoms in total. The average molecular weight is 467 g/mol. The van der Waals surface area contributed by atoms with Crippen LogP contribution in [0.3, 0.4) is 0 Å². The van der Waals surface area contributed by atoms with E-state index in [4.69, 9.17) is 14.2 Å². The molecule has 180 valence electrons. The van der Waals surface area contributed by atoms with Crippen LogP contribution in [-0.4, -0.2) is 44.8 Å². The molecule has 0 N–H and O–H groups in total. The Bertz CT molecular complexity index is 1020. The second kappa shape index (κ2) is 12.5. The summed E-state index contributed by atoms with van der Waals surface area (Å²) in [6.07, 6.45) is 0. The first kappa shape index (κ1) is 26.5.